The molecule has 0 radical (unpaired) electrons. The SMILES string of the molecule is C=CS(=O)(=O)N(C)CCOc1cnccc1-c1[nH]c2cccnc2c1-c1cc(OC)ccc1F. The quantitative estimate of drug-likeness (QED) is 0.384. The van der Waals surface area contributed by atoms with Gasteiger partial charge in [0, 0.05) is 48.1 Å². The lowest BCUT2D eigenvalue weighted by Gasteiger charge is -2.16. The summed E-state index contributed by atoms with van der Waals surface area (Å²) in [7, 11) is -0.593. The van der Waals surface area contributed by atoms with Crippen LogP contribution in [0.25, 0.3) is 33.4 Å². The molecule has 0 fully saturated rings. The maximum atomic E-state index is 15.0. The minimum atomic E-state index is -3.55. The molecular weight excluding hydrogens is 459 g/mol. The number of benzene rings is 1. The van der Waals surface area contributed by atoms with Gasteiger partial charge in [-0.05, 0) is 36.4 Å². The van der Waals surface area contributed by atoms with E-state index in [1.54, 1.807) is 36.7 Å². The number of H-pyrrole nitrogens is 1. The third-order valence-electron chi connectivity index (χ3n) is 5.36. The van der Waals surface area contributed by atoms with Gasteiger partial charge in [-0.2, -0.15) is 4.31 Å². The largest absolute Gasteiger partial charge is 0.497 e. The van der Waals surface area contributed by atoms with Crippen molar-refractivity contribution in [3.05, 3.63) is 72.8 Å². The van der Waals surface area contributed by atoms with Crippen molar-refractivity contribution >= 4 is 21.1 Å². The Hall–Kier alpha value is -3.76. The first-order chi connectivity index (χ1) is 16.4. The van der Waals surface area contributed by atoms with E-state index < -0.39 is 15.8 Å². The van der Waals surface area contributed by atoms with E-state index in [1.807, 2.05) is 6.07 Å². The van der Waals surface area contributed by atoms with Crippen molar-refractivity contribution in [2.24, 2.45) is 0 Å². The second kappa shape index (κ2) is 9.62. The lowest BCUT2D eigenvalue weighted by atomic mass is 9.99. The van der Waals surface area contributed by atoms with Crippen molar-refractivity contribution in [1.29, 1.82) is 0 Å². The van der Waals surface area contributed by atoms with Crippen molar-refractivity contribution < 1.29 is 22.3 Å². The van der Waals surface area contributed by atoms with Gasteiger partial charge in [-0.1, -0.05) is 6.58 Å². The van der Waals surface area contributed by atoms with Gasteiger partial charge in [0.1, 0.15) is 23.9 Å². The Morgan fingerprint density at radius 3 is 2.79 bits per heavy atom. The second-order valence-electron chi connectivity index (χ2n) is 7.37. The molecule has 0 unspecified atom stereocenters. The first kappa shape index (κ1) is 23.4. The summed E-state index contributed by atoms with van der Waals surface area (Å²) in [6.07, 6.45) is 4.77. The fourth-order valence-corrected chi connectivity index (χ4v) is 4.13. The van der Waals surface area contributed by atoms with Crippen LogP contribution < -0.4 is 9.47 Å². The van der Waals surface area contributed by atoms with Crippen LogP contribution in [0.15, 0.2) is 67.0 Å². The number of pyridine rings is 2. The number of rotatable bonds is 9. The maximum Gasteiger partial charge on any atom is 0.235 e. The molecule has 176 valence electrons. The highest BCUT2D eigenvalue weighted by Gasteiger charge is 2.22. The monoisotopic (exact) mass is 482 g/mol. The third-order valence-corrected chi connectivity index (χ3v) is 6.83. The summed E-state index contributed by atoms with van der Waals surface area (Å²) < 4.78 is 51.2. The minimum absolute atomic E-state index is 0.0730. The fourth-order valence-electron chi connectivity index (χ4n) is 3.55. The number of aromatic amines is 1. The van der Waals surface area contributed by atoms with E-state index in [-0.39, 0.29) is 13.2 Å². The van der Waals surface area contributed by atoms with E-state index in [4.69, 9.17) is 9.47 Å². The van der Waals surface area contributed by atoms with E-state index in [9.17, 15) is 8.42 Å². The number of halogens is 1. The predicted octanol–water partition coefficient (Wildman–Crippen LogP) is 4.22. The normalized spacial score (nSPS) is 11.6. The van der Waals surface area contributed by atoms with Crippen LogP contribution in [-0.2, 0) is 10.0 Å². The Morgan fingerprint density at radius 2 is 2.03 bits per heavy atom. The summed E-state index contributed by atoms with van der Waals surface area (Å²) in [5, 5.41) is 0.884. The zero-order valence-electron chi connectivity index (χ0n) is 18.7. The summed E-state index contributed by atoms with van der Waals surface area (Å²) in [5.74, 6) is 0.481. The Bertz CT molecular complexity index is 1450. The Balaban J connectivity index is 1.79. The van der Waals surface area contributed by atoms with Crippen LogP contribution in [0.5, 0.6) is 11.5 Å². The highest BCUT2D eigenvalue weighted by atomic mass is 32.2. The van der Waals surface area contributed by atoms with Crippen molar-refractivity contribution in [3.63, 3.8) is 0 Å². The number of sulfonamides is 1. The first-order valence-electron chi connectivity index (χ1n) is 10.3. The summed E-state index contributed by atoms with van der Waals surface area (Å²) >= 11 is 0. The summed E-state index contributed by atoms with van der Waals surface area (Å²) in [4.78, 5) is 11.9. The van der Waals surface area contributed by atoms with E-state index in [1.165, 1.54) is 26.4 Å². The molecule has 0 aliphatic rings. The number of aromatic nitrogens is 3. The zero-order chi connectivity index (χ0) is 24.3. The van der Waals surface area contributed by atoms with Crippen LogP contribution in [0, 0.1) is 5.82 Å². The average molecular weight is 483 g/mol. The second-order valence-corrected chi connectivity index (χ2v) is 9.36. The van der Waals surface area contributed by atoms with Crippen molar-refractivity contribution in [1.82, 2.24) is 19.3 Å². The molecule has 1 aromatic carbocycles. The van der Waals surface area contributed by atoms with E-state index in [0.29, 0.717) is 44.9 Å². The minimum Gasteiger partial charge on any atom is -0.497 e. The molecule has 8 nitrogen and oxygen atoms in total. The number of hydrogen-bond donors (Lipinski definition) is 1. The Labute approximate surface area is 196 Å². The molecule has 4 rings (SSSR count). The lowest BCUT2D eigenvalue weighted by molar-refractivity contribution is 0.288. The first-order valence-corrected chi connectivity index (χ1v) is 11.8. The molecule has 4 aromatic rings. The molecule has 0 saturated carbocycles. The van der Waals surface area contributed by atoms with Crippen LogP contribution in [-0.4, -0.2) is 55.0 Å². The molecule has 0 amide bonds. The van der Waals surface area contributed by atoms with Gasteiger partial charge < -0.3 is 14.5 Å². The van der Waals surface area contributed by atoms with Crippen molar-refractivity contribution in [3.8, 4) is 33.9 Å². The molecule has 3 heterocycles. The lowest BCUT2D eigenvalue weighted by Crippen LogP contribution is -2.29. The van der Waals surface area contributed by atoms with Gasteiger partial charge in [0.15, 0.2) is 0 Å². The molecule has 3 aromatic heterocycles. The number of ether oxygens (including phenoxy) is 2. The summed E-state index contributed by atoms with van der Waals surface area (Å²) in [6, 6.07) is 9.90. The molecule has 0 saturated heterocycles. The van der Waals surface area contributed by atoms with Crippen molar-refractivity contribution in [2.75, 3.05) is 27.3 Å². The van der Waals surface area contributed by atoms with E-state index in [2.05, 4.69) is 21.5 Å². The summed E-state index contributed by atoms with van der Waals surface area (Å²) in [5.41, 5.74) is 3.39. The van der Waals surface area contributed by atoms with Crippen molar-refractivity contribution in [2.45, 2.75) is 0 Å². The van der Waals surface area contributed by atoms with Gasteiger partial charge in [-0.25, -0.2) is 12.8 Å². The summed E-state index contributed by atoms with van der Waals surface area (Å²) in [6.45, 7) is 3.50. The van der Waals surface area contributed by atoms with Gasteiger partial charge in [-0.3, -0.25) is 9.97 Å². The molecular formula is C24H23FN4O4S. The Morgan fingerprint density at radius 1 is 1.21 bits per heavy atom. The molecule has 10 heteroatoms. The molecule has 0 aliphatic heterocycles. The average Bonchev–Trinajstić information content (AvgIpc) is 3.23. The number of nitrogens with one attached hydrogen (secondary N) is 1. The molecule has 34 heavy (non-hydrogen) atoms. The zero-order valence-corrected chi connectivity index (χ0v) is 19.5. The topological polar surface area (TPSA) is 97.4 Å². The smallest absolute Gasteiger partial charge is 0.235 e. The van der Waals surface area contributed by atoms with Crippen LogP contribution in [0.4, 0.5) is 4.39 Å². The number of likely N-dealkylation sites (N-methyl/N-ethyl adjacent to an activating group) is 1. The van der Waals surface area contributed by atoms with Crippen LogP contribution in [0.1, 0.15) is 0 Å². The number of nitrogens with zero attached hydrogens (tertiary/aromatic N) is 3. The van der Waals surface area contributed by atoms with E-state index in [0.717, 1.165) is 9.71 Å². The maximum absolute atomic E-state index is 15.0. The fraction of sp³-hybridized carbons (Fsp3) is 0.167. The predicted molar refractivity (Wildman–Crippen MR) is 129 cm³/mol. The highest BCUT2D eigenvalue weighted by Crippen LogP contribution is 2.42. The van der Waals surface area contributed by atoms with Crippen LogP contribution in [0.2, 0.25) is 0 Å². The Kier molecular flexibility index (Phi) is 6.62. The molecule has 0 spiro atoms. The van der Waals surface area contributed by atoms with Crippen LogP contribution >= 0.6 is 0 Å². The van der Waals surface area contributed by atoms with Gasteiger partial charge in [0.2, 0.25) is 10.0 Å². The molecule has 1 N–H and O–H groups in total. The molecule has 0 aliphatic carbocycles. The number of methoxy groups -OCH3 is 1. The van der Waals surface area contributed by atoms with Crippen LogP contribution in [0.3, 0.4) is 0 Å². The van der Waals surface area contributed by atoms with Gasteiger partial charge in [0.25, 0.3) is 0 Å². The third kappa shape index (κ3) is 4.50. The molecule has 0 atom stereocenters. The van der Waals surface area contributed by atoms with Gasteiger partial charge in [0.05, 0.1) is 30.0 Å². The van der Waals surface area contributed by atoms with Gasteiger partial charge in [-0.15, -0.1) is 0 Å². The number of hydrogen-bond acceptors (Lipinski definition) is 6. The number of fused-ring (bicyclic) bond motifs is 1. The van der Waals surface area contributed by atoms with E-state index >= 15 is 4.39 Å². The highest BCUT2D eigenvalue weighted by molar-refractivity contribution is 7.91. The molecule has 0 bridgehead atoms. The van der Waals surface area contributed by atoms with Gasteiger partial charge >= 0.3 is 0 Å². The standard InChI is InChI=1S/C24H23FN4O4S/c1-4-34(30,31)29(2)12-13-33-21-15-26-11-9-17(21)23-22(24-20(28-23)6-5-10-27-24)18-14-16(32-3)7-8-19(18)25/h4-11,14-15,28H,1,12-13H2,2-3H3.